The summed E-state index contributed by atoms with van der Waals surface area (Å²) >= 11 is 0. The number of amides is 1. The van der Waals surface area contributed by atoms with Crippen LogP contribution in [-0.4, -0.2) is 25.1 Å². The Kier molecular flexibility index (Phi) is 5.36. The number of nitrogens with two attached hydrogens (primary N) is 1. The molecule has 1 atom stereocenters. The summed E-state index contributed by atoms with van der Waals surface area (Å²) in [6, 6.07) is 9.25. The Bertz CT molecular complexity index is 314. The van der Waals surface area contributed by atoms with Crippen molar-refractivity contribution in [3.63, 3.8) is 0 Å². The molecule has 0 fully saturated rings. The molecule has 1 aromatic rings. The van der Waals surface area contributed by atoms with Gasteiger partial charge in [-0.2, -0.15) is 0 Å². The molecule has 1 rings (SSSR count). The van der Waals surface area contributed by atoms with E-state index in [0.717, 1.165) is 6.42 Å². The highest BCUT2D eigenvalue weighted by Crippen LogP contribution is 2.07. The molecule has 0 aromatic heterocycles. The third-order valence-electron chi connectivity index (χ3n) is 2.20. The van der Waals surface area contributed by atoms with Crippen LogP contribution in [0.1, 0.15) is 13.3 Å². The van der Waals surface area contributed by atoms with Gasteiger partial charge in [-0.05, 0) is 18.6 Å². The molecular weight excluding hydrogens is 204 g/mol. The van der Waals surface area contributed by atoms with Crippen LogP contribution in [0.5, 0.6) is 5.75 Å². The fourth-order valence-electron chi connectivity index (χ4n) is 1.11. The van der Waals surface area contributed by atoms with Crippen molar-refractivity contribution in [3.05, 3.63) is 30.3 Å². The predicted octanol–water partition coefficient (Wildman–Crippen LogP) is 0.919. The van der Waals surface area contributed by atoms with Crippen LogP contribution in [0.4, 0.5) is 0 Å². The highest BCUT2D eigenvalue weighted by Gasteiger charge is 2.04. The lowest BCUT2D eigenvalue weighted by molar-refractivity contribution is -0.123. The smallest absolute Gasteiger partial charge is 0.257 e. The molecule has 0 aliphatic rings. The van der Waals surface area contributed by atoms with Gasteiger partial charge in [0, 0.05) is 12.6 Å². The van der Waals surface area contributed by atoms with Crippen molar-refractivity contribution < 1.29 is 9.53 Å². The Morgan fingerprint density at radius 3 is 2.75 bits per heavy atom. The zero-order chi connectivity index (χ0) is 11.8. The molecule has 16 heavy (non-hydrogen) atoms. The van der Waals surface area contributed by atoms with Crippen LogP contribution in [0.3, 0.4) is 0 Å². The van der Waals surface area contributed by atoms with Crippen LogP contribution >= 0.6 is 0 Å². The molecule has 0 radical (unpaired) electrons. The van der Waals surface area contributed by atoms with Gasteiger partial charge in [0.25, 0.3) is 5.91 Å². The topological polar surface area (TPSA) is 64.3 Å². The van der Waals surface area contributed by atoms with Crippen molar-refractivity contribution in [3.8, 4) is 5.75 Å². The van der Waals surface area contributed by atoms with E-state index < -0.39 is 0 Å². The van der Waals surface area contributed by atoms with Crippen molar-refractivity contribution in [2.24, 2.45) is 5.73 Å². The molecule has 0 saturated carbocycles. The van der Waals surface area contributed by atoms with E-state index in [1.54, 1.807) is 0 Å². The summed E-state index contributed by atoms with van der Waals surface area (Å²) in [5, 5.41) is 2.71. The van der Waals surface area contributed by atoms with Gasteiger partial charge >= 0.3 is 0 Å². The number of ether oxygens (including phenoxy) is 1. The molecule has 0 aliphatic carbocycles. The molecule has 1 amide bonds. The fourth-order valence-corrected chi connectivity index (χ4v) is 1.11. The summed E-state index contributed by atoms with van der Waals surface area (Å²) in [5.41, 5.74) is 5.67. The Morgan fingerprint density at radius 1 is 1.44 bits per heavy atom. The molecule has 0 saturated heterocycles. The maximum Gasteiger partial charge on any atom is 0.257 e. The molecule has 1 unspecified atom stereocenters. The number of hydrogen-bond donors (Lipinski definition) is 2. The van der Waals surface area contributed by atoms with E-state index >= 15 is 0 Å². The lowest BCUT2D eigenvalue weighted by Gasteiger charge is -2.10. The number of benzene rings is 1. The first-order chi connectivity index (χ1) is 7.72. The van der Waals surface area contributed by atoms with Gasteiger partial charge < -0.3 is 15.8 Å². The first-order valence-corrected chi connectivity index (χ1v) is 5.42. The predicted molar refractivity (Wildman–Crippen MR) is 63.2 cm³/mol. The first-order valence-electron chi connectivity index (χ1n) is 5.42. The van der Waals surface area contributed by atoms with Gasteiger partial charge in [-0.3, -0.25) is 4.79 Å². The summed E-state index contributed by atoms with van der Waals surface area (Å²) in [6.07, 6.45) is 0.847. The second-order valence-corrected chi connectivity index (χ2v) is 3.57. The lowest BCUT2D eigenvalue weighted by atomic mass is 10.2. The summed E-state index contributed by atoms with van der Waals surface area (Å²) < 4.78 is 5.28. The van der Waals surface area contributed by atoms with Crippen LogP contribution in [0.25, 0.3) is 0 Å². The normalized spacial score (nSPS) is 11.9. The van der Waals surface area contributed by atoms with Crippen LogP contribution < -0.4 is 15.8 Å². The molecule has 4 nitrogen and oxygen atoms in total. The monoisotopic (exact) mass is 222 g/mol. The average Bonchev–Trinajstić information content (AvgIpc) is 2.34. The van der Waals surface area contributed by atoms with Crippen molar-refractivity contribution in [1.29, 1.82) is 0 Å². The van der Waals surface area contributed by atoms with Crippen molar-refractivity contribution in [1.82, 2.24) is 5.32 Å². The van der Waals surface area contributed by atoms with E-state index in [9.17, 15) is 4.79 Å². The number of para-hydroxylation sites is 1. The van der Waals surface area contributed by atoms with E-state index in [2.05, 4.69) is 5.32 Å². The molecule has 4 heteroatoms. The number of rotatable bonds is 6. The van der Waals surface area contributed by atoms with E-state index in [1.807, 2.05) is 37.3 Å². The number of nitrogens with one attached hydrogen (secondary N) is 1. The summed E-state index contributed by atoms with van der Waals surface area (Å²) in [4.78, 5) is 11.3. The Balaban J connectivity index is 2.20. The molecule has 0 heterocycles. The van der Waals surface area contributed by atoms with Gasteiger partial charge in [-0.15, -0.1) is 0 Å². The van der Waals surface area contributed by atoms with Gasteiger partial charge in [0.05, 0.1) is 0 Å². The van der Waals surface area contributed by atoms with Crippen LogP contribution in [0.15, 0.2) is 30.3 Å². The second kappa shape index (κ2) is 6.85. The van der Waals surface area contributed by atoms with E-state index in [1.165, 1.54) is 0 Å². The molecular formula is C12H18N2O2. The van der Waals surface area contributed by atoms with E-state index in [0.29, 0.717) is 12.3 Å². The van der Waals surface area contributed by atoms with E-state index in [-0.39, 0.29) is 18.6 Å². The molecule has 0 aliphatic heterocycles. The van der Waals surface area contributed by atoms with Gasteiger partial charge in [-0.25, -0.2) is 0 Å². The Hall–Kier alpha value is -1.55. The van der Waals surface area contributed by atoms with Gasteiger partial charge in [0.1, 0.15) is 5.75 Å². The SMILES string of the molecule is CCC(N)CNC(=O)COc1ccccc1. The standard InChI is InChI=1S/C12H18N2O2/c1-2-10(13)8-14-12(15)9-16-11-6-4-3-5-7-11/h3-7,10H,2,8-9,13H2,1H3,(H,14,15). The van der Waals surface area contributed by atoms with Gasteiger partial charge in [-0.1, -0.05) is 25.1 Å². The van der Waals surface area contributed by atoms with Crippen molar-refractivity contribution in [2.45, 2.75) is 19.4 Å². The maximum atomic E-state index is 11.3. The molecule has 88 valence electrons. The number of hydrogen-bond acceptors (Lipinski definition) is 3. The highest BCUT2D eigenvalue weighted by atomic mass is 16.5. The van der Waals surface area contributed by atoms with Crippen LogP contribution in [-0.2, 0) is 4.79 Å². The second-order valence-electron chi connectivity index (χ2n) is 3.57. The minimum atomic E-state index is -0.146. The van der Waals surface area contributed by atoms with Gasteiger partial charge in [0.15, 0.2) is 6.61 Å². The number of carbonyl (C=O) groups excluding carboxylic acids is 1. The summed E-state index contributed by atoms with van der Waals surface area (Å²) in [5.74, 6) is 0.546. The van der Waals surface area contributed by atoms with Gasteiger partial charge in [0.2, 0.25) is 0 Å². The largest absolute Gasteiger partial charge is 0.484 e. The lowest BCUT2D eigenvalue weighted by Crippen LogP contribution is -2.38. The Labute approximate surface area is 95.8 Å². The summed E-state index contributed by atoms with van der Waals surface area (Å²) in [7, 11) is 0. The maximum absolute atomic E-state index is 11.3. The van der Waals surface area contributed by atoms with Crippen molar-refractivity contribution >= 4 is 5.91 Å². The quantitative estimate of drug-likeness (QED) is 0.752. The van der Waals surface area contributed by atoms with E-state index in [4.69, 9.17) is 10.5 Å². The zero-order valence-electron chi connectivity index (χ0n) is 9.48. The molecule has 3 N–H and O–H groups in total. The number of carbonyl (C=O) groups is 1. The minimum Gasteiger partial charge on any atom is -0.484 e. The average molecular weight is 222 g/mol. The molecule has 0 spiro atoms. The van der Waals surface area contributed by atoms with Crippen molar-refractivity contribution in [2.75, 3.05) is 13.2 Å². The highest BCUT2D eigenvalue weighted by molar-refractivity contribution is 5.77. The molecule has 0 bridgehead atoms. The third kappa shape index (κ3) is 4.79. The third-order valence-corrected chi connectivity index (χ3v) is 2.20. The Morgan fingerprint density at radius 2 is 2.12 bits per heavy atom. The minimum absolute atomic E-state index is 0.0145. The van der Waals surface area contributed by atoms with Crippen LogP contribution in [0, 0.1) is 0 Å². The summed E-state index contributed by atoms with van der Waals surface area (Å²) in [6.45, 7) is 2.51. The zero-order valence-corrected chi connectivity index (χ0v) is 9.48. The first kappa shape index (κ1) is 12.5. The molecule has 1 aromatic carbocycles. The fraction of sp³-hybridized carbons (Fsp3) is 0.417. The van der Waals surface area contributed by atoms with Crippen LogP contribution in [0.2, 0.25) is 0 Å².